The molecule has 14 heavy (non-hydrogen) atoms. The lowest BCUT2D eigenvalue weighted by Gasteiger charge is -2.07. The van der Waals surface area contributed by atoms with Gasteiger partial charge in [-0.25, -0.2) is 0 Å². The zero-order valence-corrected chi connectivity index (χ0v) is 9.71. The Morgan fingerprint density at radius 3 is 2.57 bits per heavy atom. The highest BCUT2D eigenvalue weighted by Crippen LogP contribution is 2.55. The zero-order chi connectivity index (χ0) is 10.2. The topological polar surface area (TPSA) is 23.8 Å². The molecular formula is C12H12BrN. The Morgan fingerprint density at radius 2 is 2.14 bits per heavy atom. The van der Waals surface area contributed by atoms with Crippen LogP contribution in [-0.4, -0.2) is 0 Å². The van der Waals surface area contributed by atoms with Gasteiger partial charge >= 0.3 is 0 Å². The molecule has 0 aromatic heterocycles. The fourth-order valence-electron chi connectivity index (χ4n) is 2.12. The summed E-state index contributed by atoms with van der Waals surface area (Å²) >= 11 is 3.40. The number of hydrogen-bond acceptors (Lipinski definition) is 1. The summed E-state index contributed by atoms with van der Waals surface area (Å²) in [6.07, 6.45) is 2.13. The van der Waals surface area contributed by atoms with E-state index in [2.05, 4.69) is 41.1 Å². The minimum Gasteiger partial charge on any atom is -0.197 e. The van der Waals surface area contributed by atoms with Crippen LogP contribution in [0.1, 0.15) is 25.3 Å². The largest absolute Gasteiger partial charge is 0.197 e. The molecule has 0 saturated heterocycles. The number of nitrogens with zero attached hydrogens (tertiary/aromatic N) is 1. The molecule has 2 heteroatoms. The first-order valence-corrected chi connectivity index (χ1v) is 5.69. The second kappa shape index (κ2) is 3.40. The predicted octanol–water partition coefficient (Wildman–Crippen LogP) is 3.64. The molecule has 1 fully saturated rings. The lowest BCUT2D eigenvalue weighted by Crippen LogP contribution is -2.06. The third-order valence-electron chi connectivity index (χ3n) is 3.16. The van der Waals surface area contributed by atoms with E-state index in [1.54, 1.807) is 0 Å². The molecule has 0 radical (unpaired) electrons. The maximum Gasteiger partial charge on any atom is 0.0854 e. The van der Waals surface area contributed by atoms with Crippen LogP contribution >= 0.6 is 15.9 Å². The minimum atomic E-state index is -0.171. The van der Waals surface area contributed by atoms with E-state index in [-0.39, 0.29) is 5.41 Å². The van der Waals surface area contributed by atoms with Gasteiger partial charge in [-0.1, -0.05) is 41.4 Å². The van der Waals surface area contributed by atoms with Crippen molar-refractivity contribution in [2.24, 2.45) is 5.92 Å². The van der Waals surface area contributed by atoms with E-state index >= 15 is 0 Å². The van der Waals surface area contributed by atoms with E-state index < -0.39 is 0 Å². The summed E-state index contributed by atoms with van der Waals surface area (Å²) in [7, 11) is 0. The molecule has 0 N–H and O–H groups in total. The van der Waals surface area contributed by atoms with E-state index in [4.69, 9.17) is 0 Å². The average molecular weight is 250 g/mol. The van der Waals surface area contributed by atoms with Crippen LogP contribution in [0.4, 0.5) is 0 Å². The van der Waals surface area contributed by atoms with E-state index in [0.717, 1.165) is 17.3 Å². The smallest absolute Gasteiger partial charge is 0.0854 e. The Bertz CT molecular complexity index is 376. The summed E-state index contributed by atoms with van der Waals surface area (Å²) in [6.45, 7) is 2.16. The number of rotatable bonds is 2. The molecule has 1 aliphatic rings. The number of nitriles is 1. The predicted molar refractivity (Wildman–Crippen MR) is 59.8 cm³/mol. The maximum atomic E-state index is 9.22. The van der Waals surface area contributed by atoms with Crippen LogP contribution < -0.4 is 0 Å². The third kappa shape index (κ3) is 1.36. The van der Waals surface area contributed by atoms with Crippen LogP contribution in [0.2, 0.25) is 0 Å². The average Bonchev–Trinajstić information content (AvgIpc) is 2.94. The van der Waals surface area contributed by atoms with Crippen molar-refractivity contribution in [3.63, 3.8) is 0 Å². The molecule has 1 nitrogen and oxygen atoms in total. The first kappa shape index (κ1) is 9.73. The zero-order valence-electron chi connectivity index (χ0n) is 8.13. The van der Waals surface area contributed by atoms with E-state index in [1.807, 2.05) is 12.1 Å². The third-order valence-corrected chi connectivity index (χ3v) is 3.69. The molecular weight excluding hydrogens is 238 g/mol. The van der Waals surface area contributed by atoms with Crippen LogP contribution in [0, 0.1) is 17.2 Å². The summed E-state index contributed by atoms with van der Waals surface area (Å²) in [5, 5.41) is 9.22. The van der Waals surface area contributed by atoms with Crippen molar-refractivity contribution < 1.29 is 0 Å². The highest BCUT2D eigenvalue weighted by atomic mass is 79.9. The van der Waals surface area contributed by atoms with E-state index in [0.29, 0.717) is 5.92 Å². The minimum absolute atomic E-state index is 0.171. The van der Waals surface area contributed by atoms with Crippen LogP contribution in [-0.2, 0) is 5.41 Å². The lowest BCUT2D eigenvalue weighted by molar-refractivity contribution is 0.701. The second-order valence-electron chi connectivity index (χ2n) is 3.90. The number of halogens is 1. The van der Waals surface area contributed by atoms with Gasteiger partial charge in [0.15, 0.2) is 0 Å². The Labute approximate surface area is 92.9 Å². The lowest BCUT2D eigenvalue weighted by atomic mass is 9.94. The van der Waals surface area contributed by atoms with Crippen molar-refractivity contribution in [1.29, 1.82) is 5.26 Å². The Balaban J connectivity index is 2.32. The van der Waals surface area contributed by atoms with Crippen molar-refractivity contribution in [3.05, 3.63) is 34.3 Å². The Hall–Kier alpha value is -0.810. The van der Waals surface area contributed by atoms with Crippen molar-refractivity contribution in [2.45, 2.75) is 25.2 Å². The maximum absolute atomic E-state index is 9.22. The quantitative estimate of drug-likeness (QED) is 0.786. The van der Waals surface area contributed by atoms with Gasteiger partial charge < -0.3 is 0 Å². The van der Waals surface area contributed by atoms with Gasteiger partial charge in [-0.2, -0.15) is 5.26 Å². The van der Waals surface area contributed by atoms with Crippen LogP contribution in [0.15, 0.2) is 28.7 Å². The van der Waals surface area contributed by atoms with E-state index in [1.165, 1.54) is 5.56 Å². The fraction of sp³-hybridized carbons (Fsp3) is 0.417. The number of benzene rings is 1. The van der Waals surface area contributed by atoms with Crippen molar-refractivity contribution in [1.82, 2.24) is 0 Å². The molecule has 1 aliphatic carbocycles. The highest BCUT2D eigenvalue weighted by Gasteiger charge is 2.54. The van der Waals surface area contributed by atoms with Crippen molar-refractivity contribution >= 4 is 15.9 Å². The molecule has 0 amide bonds. The summed E-state index contributed by atoms with van der Waals surface area (Å²) in [5.41, 5.74) is 1.00. The summed E-state index contributed by atoms with van der Waals surface area (Å²) < 4.78 is 1.07. The molecule has 0 bridgehead atoms. The normalized spacial score (nSPS) is 29.6. The van der Waals surface area contributed by atoms with Crippen LogP contribution in [0.5, 0.6) is 0 Å². The summed E-state index contributed by atoms with van der Waals surface area (Å²) in [6, 6.07) is 10.6. The van der Waals surface area contributed by atoms with E-state index in [9.17, 15) is 5.26 Å². The van der Waals surface area contributed by atoms with Gasteiger partial charge in [-0.05, 0) is 30.0 Å². The molecule has 0 aliphatic heterocycles. The molecule has 0 spiro atoms. The summed E-state index contributed by atoms with van der Waals surface area (Å²) in [4.78, 5) is 0. The molecule has 1 aromatic rings. The van der Waals surface area contributed by atoms with Gasteiger partial charge in [-0.15, -0.1) is 0 Å². The Kier molecular flexibility index (Phi) is 2.36. The number of hydrogen-bond donors (Lipinski definition) is 0. The fourth-order valence-corrected chi connectivity index (χ4v) is 2.39. The molecule has 1 aromatic carbocycles. The monoisotopic (exact) mass is 249 g/mol. The summed E-state index contributed by atoms with van der Waals surface area (Å²) in [5.74, 6) is 0.564. The first-order chi connectivity index (χ1) is 6.73. The van der Waals surface area contributed by atoms with Gasteiger partial charge in [0, 0.05) is 4.47 Å². The highest BCUT2D eigenvalue weighted by molar-refractivity contribution is 9.10. The van der Waals surface area contributed by atoms with Gasteiger partial charge in [0.1, 0.15) is 0 Å². The second-order valence-corrected chi connectivity index (χ2v) is 4.82. The van der Waals surface area contributed by atoms with Crippen LogP contribution in [0.3, 0.4) is 0 Å². The van der Waals surface area contributed by atoms with Gasteiger partial charge in [0.2, 0.25) is 0 Å². The van der Waals surface area contributed by atoms with Gasteiger partial charge in [0.25, 0.3) is 0 Å². The van der Waals surface area contributed by atoms with Crippen LogP contribution in [0.25, 0.3) is 0 Å². The Morgan fingerprint density at radius 1 is 1.50 bits per heavy atom. The van der Waals surface area contributed by atoms with Crippen molar-refractivity contribution in [3.8, 4) is 6.07 Å². The SMILES string of the molecule is CCC1CC1(C#N)c1ccc(Br)cc1. The molecule has 0 heterocycles. The van der Waals surface area contributed by atoms with Crippen molar-refractivity contribution in [2.75, 3.05) is 0 Å². The first-order valence-electron chi connectivity index (χ1n) is 4.90. The van der Waals surface area contributed by atoms with Gasteiger partial charge in [-0.3, -0.25) is 0 Å². The molecule has 72 valence electrons. The molecule has 2 atom stereocenters. The molecule has 2 rings (SSSR count). The molecule has 2 unspecified atom stereocenters. The van der Waals surface area contributed by atoms with Gasteiger partial charge in [0.05, 0.1) is 11.5 Å². The standard InChI is InChI=1S/C12H12BrN/c1-2-9-7-12(9,8-14)10-3-5-11(13)6-4-10/h3-6,9H,2,7H2,1H3. The molecule has 1 saturated carbocycles.